The number of carbonyl (C=O) groups excluding carboxylic acids is 1. The fourth-order valence-corrected chi connectivity index (χ4v) is 6.04. The van der Waals surface area contributed by atoms with Crippen LogP contribution in [0.2, 0.25) is 0 Å². The summed E-state index contributed by atoms with van der Waals surface area (Å²) in [5, 5.41) is 0. The molecule has 0 fully saturated rings. The Morgan fingerprint density at radius 2 is 1.06 bits per heavy atom. The minimum absolute atomic E-state index is 0.329. The van der Waals surface area contributed by atoms with E-state index in [9.17, 15) is 9.36 Å². The Kier molecular flexibility index (Phi) is 8.99. The van der Waals surface area contributed by atoms with Crippen molar-refractivity contribution in [2.45, 2.75) is 58.2 Å². The van der Waals surface area contributed by atoms with E-state index in [1.807, 2.05) is 24.3 Å². The summed E-state index contributed by atoms with van der Waals surface area (Å²) in [5.41, 5.74) is 8.17. The van der Waals surface area contributed by atoms with E-state index in [2.05, 4.69) is 27.7 Å². The second kappa shape index (κ2) is 11.8. The van der Waals surface area contributed by atoms with Gasteiger partial charge < -0.3 is 19.5 Å². The normalized spacial score (nSPS) is 13.4. The van der Waals surface area contributed by atoms with Gasteiger partial charge >= 0.3 is 7.60 Å². The highest BCUT2D eigenvalue weighted by Crippen LogP contribution is 2.56. The summed E-state index contributed by atoms with van der Waals surface area (Å²) < 4.78 is 31.8. The second-order valence-corrected chi connectivity index (χ2v) is 11.5. The Morgan fingerprint density at radius 3 is 1.39 bits per heavy atom. The minimum Gasteiger partial charge on any atom is -0.497 e. The molecule has 0 amide bonds. The van der Waals surface area contributed by atoms with Crippen LogP contribution in [0.5, 0.6) is 17.2 Å². The zero-order valence-corrected chi connectivity index (χ0v) is 22.7. The monoisotopic (exact) mass is 509 g/mol. The SMILES string of the molecule is COc1ccc(C(N)C(C(C)=O)P(=O)(Oc2ccc(C(C)C)cc2)Oc2ccc(C(C)C)cc2)cc1. The Bertz CT molecular complexity index is 1130. The van der Waals surface area contributed by atoms with Crippen molar-refractivity contribution in [1.29, 1.82) is 0 Å². The summed E-state index contributed by atoms with van der Waals surface area (Å²) in [6.07, 6.45) is 0. The van der Waals surface area contributed by atoms with Crippen molar-refractivity contribution in [2.75, 3.05) is 7.11 Å². The molecule has 0 heterocycles. The largest absolute Gasteiger partial charge is 0.497 e. The van der Waals surface area contributed by atoms with E-state index in [0.717, 1.165) is 11.1 Å². The third-order valence-corrected chi connectivity index (χ3v) is 8.45. The van der Waals surface area contributed by atoms with Crippen molar-refractivity contribution in [1.82, 2.24) is 0 Å². The van der Waals surface area contributed by atoms with Crippen LogP contribution in [-0.4, -0.2) is 18.6 Å². The number of carbonyl (C=O) groups is 1. The molecule has 6 nitrogen and oxygen atoms in total. The van der Waals surface area contributed by atoms with Crippen LogP contribution in [0.25, 0.3) is 0 Å². The molecule has 2 N–H and O–H groups in total. The average Bonchev–Trinajstić information content (AvgIpc) is 2.84. The average molecular weight is 510 g/mol. The van der Waals surface area contributed by atoms with Crippen LogP contribution in [0.3, 0.4) is 0 Å². The van der Waals surface area contributed by atoms with E-state index in [4.69, 9.17) is 19.5 Å². The van der Waals surface area contributed by atoms with Crippen LogP contribution >= 0.6 is 7.60 Å². The van der Waals surface area contributed by atoms with Crippen LogP contribution in [0.15, 0.2) is 72.8 Å². The summed E-state index contributed by atoms with van der Waals surface area (Å²) in [5.74, 6) is 1.60. The van der Waals surface area contributed by atoms with Crippen LogP contribution < -0.4 is 19.5 Å². The fraction of sp³-hybridized carbons (Fsp3) is 0.345. The molecule has 2 atom stereocenters. The summed E-state index contributed by atoms with van der Waals surface area (Å²) in [6, 6.07) is 20.7. The number of Topliss-reactive ketones (excluding diaryl/α,β-unsaturated/α-hetero) is 1. The molecule has 0 aliphatic heterocycles. The summed E-state index contributed by atoms with van der Waals surface area (Å²) in [4.78, 5) is 13.0. The zero-order valence-electron chi connectivity index (χ0n) is 21.8. The van der Waals surface area contributed by atoms with E-state index in [0.29, 0.717) is 34.6 Å². The van der Waals surface area contributed by atoms with Gasteiger partial charge in [-0.1, -0.05) is 64.1 Å². The Hall–Kier alpha value is -3.08. The van der Waals surface area contributed by atoms with Gasteiger partial charge in [0.2, 0.25) is 0 Å². The quantitative estimate of drug-likeness (QED) is 0.274. The topological polar surface area (TPSA) is 87.9 Å². The first-order chi connectivity index (χ1) is 17.0. The van der Waals surface area contributed by atoms with Gasteiger partial charge in [-0.3, -0.25) is 4.79 Å². The van der Waals surface area contributed by atoms with Crippen molar-refractivity contribution in [3.63, 3.8) is 0 Å². The van der Waals surface area contributed by atoms with E-state index >= 15 is 0 Å². The molecule has 0 bridgehead atoms. The summed E-state index contributed by atoms with van der Waals surface area (Å²) in [6.45, 7) is 9.71. The molecule has 3 aromatic rings. The third kappa shape index (κ3) is 6.57. The Labute approximate surface area is 214 Å². The maximum absolute atomic E-state index is 14.5. The molecule has 0 radical (unpaired) electrons. The first-order valence-electron chi connectivity index (χ1n) is 12.1. The number of nitrogens with two attached hydrogens (primary N) is 1. The van der Waals surface area contributed by atoms with Crippen molar-refractivity contribution < 1.29 is 23.1 Å². The zero-order chi connectivity index (χ0) is 26.5. The molecule has 0 saturated carbocycles. The lowest BCUT2D eigenvalue weighted by Crippen LogP contribution is -2.35. The summed E-state index contributed by atoms with van der Waals surface area (Å²) >= 11 is 0. The second-order valence-electron chi connectivity index (χ2n) is 9.52. The van der Waals surface area contributed by atoms with Gasteiger partial charge in [-0.15, -0.1) is 0 Å². The molecule has 2 unspecified atom stereocenters. The molecule has 36 heavy (non-hydrogen) atoms. The van der Waals surface area contributed by atoms with Gasteiger partial charge in [-0.2, -0.15) is 0 Å². The van der Waals surface area contributed by atoms with Gasteiger partial charge in [0.1, 0.15) is 23.0 Å². The van der Waals surface area contributed by atoms with Crippen LogP contribution in [0, 0.1) is 0 Å². The molecular formula is C29H36NO5P. The summed E-state index contributed by atoms with van der Waals surface area (Å²) in [7, 11) is -2.59. The molecular weight excluding hydrogens is 473 g/mol. The third-order valence-electron chi connectivity index (χ3n) is 6.16. The number of ketones is 1. The number of methoxy groups -OCH3 is 1. The highest BCUT2D eigenvalue weighted by Gasteiger charge is 2.47. The molecule has 0 spiro atoms. The first kappa shape index (κ1) is 27.5. The molecule has 0 saturated heterocycles. The molecule has 7 heteroatoms. The van der Waals surface area contributed by atoms with Gasteiger partial charge in [-0.25, -0.2) is 4.57 Å². The van der Waals surface area contributed by atoms with Gasteiger partial charge in [0.15, 0.2) is 5.66 Å². The van der Waals surface area contributed by atoms with E-state index < -0.39 is 19.3 Å². The number of ether oxygens (including phenoxy) is 1. The van der Waals surface area contributed by atoms with Gasteiger partial charge in [0, 0.05) is 0 Å². The lowest BCUT2D eigenvalue weighted by atomic mass is 10.0. The Balaban J connectivity index is 2.03. The molecule has 0 aromatic heterocycles. The van der Waals surface area contributed by atoms with Crippen molar-refractivity contribution in [3.8, 4) is 17.2 Å². The van der Waals surface area contributed by atoms with Crippen molar-refractivity contribution in [3.05, 3.63) is 89.5 Å². The predicted molar refractivity (Wildman–Crippen MR) is 144 cm³/mol. The van der Waals surface area contributed by atoms with Crippen LogP contribution in [0.4, 0.5) is 0 Å². The highest BCUT2D eigenvalue weighted by atomic mass is 31.2. The predicted octanol–water partition coefficient (Wildman–Crippen LogP) is 7.25. The van der Waals surface area contributed by atoms with Crippen molar-refractivity contribution in [2.24, 2.45) is 5.73 Å². The van der Waals surface area contributed by atoms with Gasteiger partial charge in [-0.05, 0) is 71.8 Å². The number of hydrogen-bond acceptors (Lipinski definition) is 6. The van der Waals surface area contributed by atoms with E-state index in [-0.39, 0.29) is 5.78 Å². The lowest BCUT2D eigenvalue weighted by Gasteiger charge is -2.30. The van der Waals surface area contributed by atoms with Crippen molar-refractivity contribution >= 4 is 13.4 Å². The smallest absolute Gasteiger partial charge is 0.443 e. The standard InChI is InChI=1S/C29H36NO5P/c1-19(2)22-7-15-26(16-8-22)34-36(32,35-27-17-9-23(10-18-27)20(3)4)29(21(5)31)28(30)24-11-13-25(33-6)14-12-24/h7-20,28-29H,30H2,1-6H3. The maximum Gasteiger partial charge on any atom is 0.443 e. The maximum atomic E-state index is 14.5. The molecule has 0 aliphatic rings. The van der Waals surface area contributed by atoms with Gasteiger partial charge in [0.05, 0.1) is 13.2 Å². The van der Waals surface area contributed by atoms with Crippen LogP contribution in [0.1, 0.15) is 69.2 Å². The van der Waals surface area contributed by atoms with Crippen LogP contribution in [-0.2, 0) is 9.36 Å². The highest BCUT2D eigenvalue weighted by molar-refractivity contribution is 7.56. The molecule has 3 aromatic carbocycles. The number of benzene rings is 3. The first-order valence-corrected chi connectivity index (χ1v) is 13.7. The molecule has 3 rings (SSSR count). The fourth-order valence-electron chi connectivity index (χ4n) is 3.93. The number of hydrogen-bond donors (Lipinski definition) is 1. The molecule has 0 aliphatic carbocycles. The lowest BCUT2D eigenvalue weighted by molar-refractivity contribution is -0.117. The molecule has 192 valence electrons. The minimum atomic E-state index is -4.15. The van der Waals surface area contributed by atoms with E-state index in [1.165, 1.54) is 6.92 Å². The van der Waals surface area contributed by atoms with Gasteiger partial charge in [0.25, 0.3) is 0 Å². The Morgan fingerprint density at radius 1 is 0.694 bits per heavy atom. The van der Waals surface area contributed by atoms with E-state index in [1.54, 1.807) is 55.6 Å². The number of rotatable bonds is 11.